The highest BCUT2D eigenvalue weighted by atomic mass is 16.7. The molecule has 1 aliphatic heterocycles. The van der Waals surface area contributed by atoms with Crippen LogP contribution in [0.3, 0.4) is 0 Å². The summed E-state index contributed by atoms with van der Waals surface area (Å²) in [6, 6.07) is 0. The molecule has 0 radical (unpaired) electrons. The van der Waals surface area contributed by atoms with Crippen LogP contribution in [0.4, 0.5) is 0 Å². The number of carbonyl (C=O) groups excluding carboxylic acids is 2. The van der Waals surface area contributed by atoms with Crippen LogP contribution in [0.5, 0.6) is 0 Å². The first kappa shape index (κ1) is 13.7. The van der Waals surface area contributed by atoms with Crippen molar-refractivity contribution in [2.24, 2.45) is 0 Å². The molecular formula is C11H16O6. The Labute approximate surface area is 99.5 Å². The lowest BCUT2D eigenvalue weighted by atomic mass is 10.1. The molecule has 1 aliphatic rings. The molecule has 96 valence electrons. The fourth-order valence-electron chi connectivity index (χ4n) is 1.39. The van der Waals surface area contributed by atoms with E-state index in [2.05, 4.69) is 0 Å². The Morgan fingerprint density at radius 2 is 1.94 bits per heavy atom. The van der Waals surface area contributed by atoms with Gasteiger partial charge < -0.3 is 18.9 Å². The summed E-state index contributed by atoms with van der Waals surface area (Å²) in [6.45, 7) is 2.62. The Balaban J connectivity index is 2.62. The molecule has 0 N–H and O–H groups in total. The molecule has 6 heteroatoms. The number of methoxy groups -OCH3 is 1. The number of esters is 2. The van der Waals surface area contributed by atoms with Crippen LogP contribution in [0.25, 0.3) is 0 Å². The Hall–Kier alpha value is -1.40. The topological polar surface area (TPSA) is 71.1 Å². The Kier molecular flexibility index (Phi) is 5.11. The van der Waals surface area contributed by atoms with Gasteiger partial charge in [0.05, 0.1) is 0 Å². The van der Waals surface area contributed by atoms with Gasteiger partial charge in [0, 0.05) is 21.0 Å². The van der Waals surface area contributed by atoms with E-state index in [9.17, 15) is 9.59 Å². The number of carbonyl (C=O) groups is 2. The molecule has 0 saturated carbocycles. The maximum absolute atomic E-state index is 10.9. The Morgan fingerprint density at radius 3 is 2.47 bits per heavy atom. The first-order valence-corrected chi connectivity index (χ1v) is 5.20. The van der Waals surface area contributed by atoms with E-state index in [4.69, 9.17) is 18.9 Å². The Bertz CT molecular complexity index is 311. The van der Waals surface area contributed by atoms with Crippen molar-refractivity contribution < 1.29 is 28.5 Å². The molecule has 0 aromatic rings. The maximum Gasteiger partial charge on any atom is 0.303 e. The second-order valence-corrected chi connectivity index (χ2v) is 3.54. The second kappa shape index (κ2) is 6.36. The molecule has 0 fully saturated rings. The predicted molar refractivity (Wildman–Crippen MR) is 57.0 cm³/mol. The van der Waals surface area contributed by atoms with Gasteiger partial charge in [-0.25, -0.2) is 0 Å². The van der Waals surface area contributed by atoms with Crippen molar-refractivity contribution in [3.8, 4) is 0 Å². The van der Waals surface area contributed by atoms with Gasteiger partial charge >= 0.3 is 11.9 Å². The number of hydrogen-bond donors (Lipinski definition) is 0. The van der Waals surface area contributed by atoms with Crippen molar-refractivity contribution >= 4 is 11.9 Å². The zero-order valence-electron chi connectivity index (χ0n) is 10.0. The minimum Gasteiger partial charge on any atom is -0.463 e. The fraction of sp³-hybridized carbons (Fsp3) is 0.636. The van der Waals surface area contributed by atoms with Crippen LogP contribution < -0.4 is 0 Å². The molecule has 1 heterocycles. The summed E-state index contributed by atoms with van der Waals surface area (Å²) in [7, 11) is 1.49. The van der Waals surface area contributed by atoms with Crippen molar-refractivity contribution in [2.45, 2.75) is 32.3 Å². The molecule has 0 aromatic heterocycles. The lowest BCUT2D eigenvalue weighted by Gasteiger charge is -2.30. The van der Waals surface area contributed by atoms with Gasteiger partial charge in [0.1, 0.15) is 18.8 Å². The minimum atomic E-state index is -0.571. The third kappa shape index (κ3) is 4.54. The van der Waals surface area contributed by atoms with E-state index in [0.29, 0.717) is 0 Å². The lowest BCUT2D eigenvalue weighted by molar-refractivity contribution is -0.190. The van der Waals surface area contributed by atoms with Gasteiger partial charge in [-0.2, -0.15) is 0 Å². The van der Waals surface area contributed by atoms with E-state index < -0.39 is 30.4 Å². The van der Waals surface area contributed by atoms with Crippen LogP contribution >= 0.6 is 0 Å². The van der Waals surface area contributed by atoms with Gasteiger partial charge in [0.15, 0.2) is 6.29 Å². The van der Waals surface area contributed by atoms with Crippen molar-refractivity contribution in [2.75, 3.05) is 13.7 Å². The number of ether oxygens (including phenoxy) is 4. The summed E-state index contributed by atoms with van der Waals surface area (Å²) in [5, 5.41) is 0. The highest BCUT2D eigenvalue weighted by Crippen LogP contribution is 2.17. The summed E-state index contributed by atoms with van der Waals surface area (Å²) >= 11 is 0. The molecule has 17 heavy (non-hydrogen) atoms. The van der Waals surface area contributed by atoms with Gasteiger partial charge in [0.25, 0.3) is 0 Å². The molecule has 3 atom stereocenters. The monoisotopic (exact) mass is 244 g/mol. The molecule has 6 nitrogen and oxygen atoms in total. The van der Waals surface area contributed by atoms with E-state index in [0.717, 1.165) is 0 Å². The fourth-order valence-corrected chi connectivity index (χ4v) is 1.39. The van der Waals surface area contributed by atoms with E-state index in [1.165, 1.54) is 21.0 Å². The molecule has 0 unspecified atom stereocenters. The van der Waals surface area contributed by atoms with Crippen molar-refractivity contribution in [1.82, 2.24) is 0 Å². The van der Waals surface area contributed by atoms with Crippen LogP contribution in [0.1, 0.15) is 13.8 Å². The molecule has 0 amide bonds. The largest absolute Gasteiger partial charge is 0.463 e. The predicted octanol–water partition coefficient (Wildman–Crippen LogP) is 0.409. The van der Waals surface area contributed by atoms with Gasteiger partial charge in [-0.15, -0.1) is 0 Å². The third-order valence-electron chi connectivity index (χ3n) is 2.12. The summed E-state index contributed by atoms with van der Waals surface area (Å²) < 4.78 is 20.3. The zero-order valence-corrected chi connectivity index (χ0v) is 10.0. The highest BCUT2D eigenvalue weighted by molar-refractivity contribution is 5.66. The molecule has 0 aromatic carbocycles. The van der Waals surface area contributed by atoms with Crippen LogP contribution in [-0.2, 0) is 28.5 Å². The number of hydrogen-bond acceptors (Lipinski definition) is 6. The molecular weight excluding hydrogens is 228 g/mol. The Morgan fingerprint density at radius 1 is 1.24 bits per heavy atom. The van der Waals surface area contributed by atoms with Crippen molar-refractivity contribution in [3.63, 3.8) is 0 Å². The molecule has 0 spiro atoms. The van der Waals surface area contributed by atoms with E-state index >= 15 is 0 Å². The van der Waals surface area contributed by atoms with Crippen molar-refractivity contribution in [3.05, 3.63) is 12.2 Å². The molecule has 0 bridgehead atoms. The van der Waals surface area contributed by atoms with Crippen LogP contribution in [0, 0.1) is 0 Å². The SMILES string of the molecule is CO[C@H]1C=C[C@H](OC(C)=O)[C@H](COC(C)=O)O1. The van der Waals surface area contributed by atoms with Gasteiger partial charge in [-0.1, -0.05) is 0 Å². The minimum absolute atomic E-state index is 0.0114. The zero-order chi connectivity index (χ0) is 12.8. The van der Waals surface area contributed by atoms with Gasteiger partial charge in [0.2, 0.25) is 0 Å². The van der Waals surface area contributed by atoms with Crippen molar-refractivity contribution in [1.29, 1.82) is 0 Å². The second-order valence-electron chi connectivity index (χ2n) is 3.54. The summed E-state index contributed by atoms with van der Waals surface area (Å²) in [5.41, 5.74) is 0. The van der Waals surface area contributed by atoms with Crippen LogP contribution in [-0.4, -0.2) is 44.2 Å². The molecule has 1 rings (SSSR count). The average Bonchev–Trinajstić information content (AvgIpc) is 2.27. The smallest absolute Gasteiger partial charge is 0.303 e. The van der Waals surface area contributed by atoms with Gasteiger partial charge in [-0.3, -0.25) is 9.59 Å². The van der Waals surface area contributed by atoms with Crippen LogP contribution in [0.15, 0.2) is 12.2 Å². The van der Waals surface area contributed by atoms with E-state index in [1.54, 1.807) is 12.2 Å². The molecule has 0 aliphatic carbocycles. The standard InChI is InChI=1S/C11H16O6/c1-7(12)15-6-10-9(16-8(2)13)4-5-11(14-3)17-10/h4-5,9-11H,6H2,1-3H3/t9-,10-,11+/m0/s1. The quantitative estimate of drug-likeness (QED) is 0.527. The summed E-state index contributed by atoms with van der Waals surface area (Å²) in [4.78, 5) is 21.6. The maximum atomic E-state index is 10.9. The highest BCUT2D eigenvalue weighted by Gasteiger charge is 2.30. The van der Waals surface area contributed by atoms with E-state index in [1.807, 2.05) is 0 Å². The lowest BCUT2D eigenvalue weighted by Crippen LogP contribution is -2.41. The summed E-state index contributed by atoms with van der Waals surface area (Å²) in [5.74, 6) is -0.842. The normalized spacial score (nSPS) is 27.6. The molecule has 0 saturated heterocycles. The summed E-state index contributed by atoms with van der Waals surface area (Å²) in [6.07, 6.45) is 1.64. The average molecular weight is 244 g/mol. The first-order chi connectivity index (χ1) is 8.02. The third-order valence-corrected chi connectivity index (χ3v) is 2.12. The van der Waals surface area contributed by atoms with Gasteiger partial charge in [-0.05, 0) is 12.2 Å². The van der Waals surface area contributed by atoms with E-state index in [-0.39, 0.29) is 6.61 Å². The number of rotatable bonds is 4. The first-order valence-electron chi connectivity index (χ1n) is 5.20. The van der Waals surface area contributed by atoms with Crippen LogP contribution in [0.2, 0.25) is 0 Å².